The zero-order valence-electron chi connectivity index (χ0n) is 11.2. The topological polar surface area (TPSA) is 107 Å². The van der Waals surface area contributed by atoms with Crippen molar-refractivity contribution >= 4 is 11.7 Å². The highest BCUT2D eigenvalue weighted by molar-refractivity contribution is 5.91. The molecule has 1 heterocycles. The number of hydrogen-bond acceptors (Lipinski definition) is 5. The van der Waals surface area contributed by atoms with Crippen LogP contribution in [-0.2, 0) is 13.2 Å². The molecule has 1 aromatic heterocycles. The molecule has 21 heavy (non-hydrogen) atoms. The van der Waals surface area contributed by atoms with Gasteiger partial charge >= 0.3 is 5.97 Å². The van der Waals surface area contributed by atoms with Crippen LogP contribution < -0.4 is 4.74 Å². The molecule has 0 atom stereocenters. The van der Waals surface area contributed by atoms with Crippen molar-refractivity contribution in [3.05, 3.63) is 51.8 Å². The Morgan fingerprint density at radius 1 is 1.52 bits per heavy atom. The summed E-state index contributed by atoms with van der Waals surface area (Å²) in [6, 6.07) is 3.47. The summed E-state index contributed by atoms with van der Waals surface area (Å²) in [5.41, 5.74) is 0.247. The number of nitro groups is 1. The highest BCUT2D eigenvalue weighted by atomic mass is 16.6. The number of benzene rings is 1. The fourth-order valence-corrected chi connectivity index (χ4v) is 1.74. The molecule has 110 valence electrons. The van der Waals surface area contributed by atoms with Gasteiger partial charge in [-0.25, -0.2) is 4.79 Å². The molecule has 2 aromatic rings. The summed E-state index contributed by atoms with van der Waals surface area (Å²) in [7, 11) is 0. The van der Waals surface area contributed by atoms with Crippen molar-refractivity contribution in [2.45, 2.75) is 20.1 Å². The first-order valence-electron chi connectivity index (χ1n) is 6.17. The smallest absolute Gasteiger partial charge is 0.339 e. The fraction of sp³-hybridized carbons (Fsp3) is 0.231. The lowest BCUT2D eigenvalue weighted by Crippen LogP contribution is -2.04. The van der Waals surface area contributed by atoms with Crippen LogP contribution in [0.1, 0.15) is 22.8 Å². The van der Waals surface area contributed by atoms with Crippen molar-refractivity contribution in [1.29, 1.82) is 0 Å². The minimum atomic E-state index is -1.28. The normalized spacial score (nSPS) is 10.3. The lowest BCUT2D eigenvalue weighted by molar-refractivity contribution is -0.384. The lowest BCUT2D eigenvalue weighted by Gasteiger charge is -2.07. The fourth-order valence-electron chi connectivity index (χ4n) is 1.74. The maximum absolute atomic E-state index is 11.1. The first kappa shape index (κ1) is 14.5. The quantitative estimate of drug-likeness (QED) is 0.645. The van der Waals surface area contributed by atoms with Gasteiger partial charge in [-0.1, -0.05) is 0 Å². The van der Waals surface area contributed by atoms with E-state index in [2.05, 4.69) is 5.10 Å². The third kappa shape index (κ3) is 3.35. The molecule has 0 fully saturated rings. The van der Waals surface area contributed by atoms with Gasteiger partial charge < -0.3 is 9.84 Å². The largest absolute Gasteiger partial charge is 0.488 e. The summed E-state index contributed by atoms with van der Waals surface area (Å²) in [6.45, 7) is 2.80. The molecule has 0 aliphatic carbocycles. The van der Waals surface area contributed by atoms with Gasteiger partial charge in [-0.15, -0.1) is 0 Å². The Balaban J connectivity index is 2.19. The predicted octanol–water partition coefficient (Wildman–Crippen LogP) is 2.09. The van der Waals surface area contributed by atoms with E-state index >= 15 is 0 Å². The average Bonchev–Trinajstić information content (AvgIpc) is 2.92. The van der Waals surface area contributed by atoms with Crippen LogP contribution in [0.3, 0.4) is 0 Å². The van der Waals surface area contributed by atoms with Crippen molar-refractivity contribution in [3.63, 3.8) is 0 Å². The van der Waals surface area contributed by atoms with Crippen LogP contribution in [0.4, 0.5) is 5.69 Å². The molecule has 8 heteroatoms. The summed E-state index contributed by atoms with van der Waals surface area (Å²) in [5.74, 6) is -1.20. The van der Waals surface area contributed by atoms with E-state index in [4.69, 9.17) is 9.84 Å². The lowest BCUT2D eigenvalue weighted by atomic mass is 10.2. The molecular formula is C13H13N3O5. The van der Waals surface area contributed by atoms with E-state index in [1.54, 1.807) is 17.1 Å². The van der Waals surface area contributed by atoms with Crippen LogP contribution in [0.15, 0.2) is 30.6 Å². The first-order valence-corrected chi connectivity index (χ1v) is 6.17. The van der Waals surface area contributed by atoms with Crippen LogP contribution in [0.2, 0.25) is 0 Å². The van der Waals surface area contributed by atoms with Crippen LogP contribution in [0.5, 0.6) is 5.75 Å². The summed E-state index contributed by atoms with van der Waals surface area (Å²) in [5, 5.41) is 23.8. The maximum atomic E-state index is 11.1. The van der Waals surface area contributed by atoms with Crippen molar-refractivity contribution < 1.29 is 19.6 Å². The molecule has 2 rings (SSSR count). The Morgan fingerprint density at radius 2 is 2.29 bits per heavy atom. The monoisotopic (exact) mass is 291 g/mol. The van der Waals surface area contributed by atoms with Gasteiger partial charge in [-0.3, -0.25) is 14.8 Å². The zero-order chi connectivity index (χ0) is 15.4. The number of rotatable bonds is 6. The van der Waals surface area contributed by atoms with Crippen molar-refractivity contribution in [2.75, 3.05) is 0 Å². The van der Waals surface area contributed by atoms with E-state index in [0.29, 0.717) is 0 Å². The Kier molecular flexibility index (Phi) is 4.17. The number of aryl methyl sites for hydroxylation is 1. The van der Waals surface area contributed by atoms with Crippen LogP contribution in [0, 0.1) is 10.1 Å². The van der Waals surface area contributed by atoms with Gasteiger partial charge in [0.15, 0.2) is 0 Å². The Bertz CT molecular complexity index is 680. The number of ether oxygens (including phenoxy) is 1. The predicted molar refractivity (Wildman–Crippen MR) is 72.3 cm³/mol. The van der Waals surface area contributed by atoms with E-state index in [0.717, 1.165) is 18.2 Å². The molecule has 0 unspecified atom stereocenters. The first-order chi connectivity index (χ1) is 10.0. The van der Waals surface area contributed by atoms with Gasteiger partial charge in [0.2, 0.25) is 0 Å². The van der Waals surface area contributed by atoms with Gasteiger partial charge in [0.1, 0.15) is 17.9 Å². The number of nitro benzene ring substituents is 1. The SMILES string of the molecule is CCn1cc(COc2ccc([N+](=O)[O-])cc2C(=O)O)cn1. The minimum absolute atomic E-state index is 0.0809. The minimum Gasteiger partial charge on any atom is -0.488 e. The maximum Gasteiger partial charge on any atom is 0.339 e. The zero-order valence-corrected chi connectivity index (χ0v) is 11.2. The van der Waals surface area contributed by atoms with Crippen molar-refractivity contribution in [1.82, 2.24) is 9.78 Å². The highest BCUT2D eigenvalue weighted by Crippen LogP contribution is 2.25. The number of hydrogen-bond donors (Lipinski definition) is 1. The van der Waals surface area contributed by atoms with E-state index in [1.807, 2.05) is 6.92 Å². The highest BCUT2D eigenvalue weighted by Gasteiger charge is 2.17. The summed E-state index contributed by atoms with van der Waals surface area (Å²) >= 11 is 0. The van der Waals surface area contributed by atoms with Crippen LogP contribution >= 0.6 is 0 Å². The molecule has 1 N–H and O–H groups in total. The van der Waals surface area contributed by atoms with Gasteiger partial charge in [0.25, 0.3) is 5.69 Å². The van der Waals surface area contributed by atoms with Gasteiger partial charge in [0.05, 0.1) is 11.1 Å². The molecule has 0 spiro atoms. The van der Waals surface area contributed by atoms with E-state index in [9.17, 15) is 14.9 Å². The van der Waals surface area contributed by atoms with Crippen LogP contribution in [-0.4, -0.2) is 25.8 Å². The number of aromatic nitrogens is 2. The second kappa shape index (κ2) is 6.04. The standard InChI is InChI=1S/C13H13N3O5/c1-2-15-7-9(6-14-15)8-21-12-4-3-10(16(19)20)5-11(12)13(17)18/h3-7H,2,8H2,1H3,(H,17,18). The third-order valence-corrected chi connectivity index (χ3v) is 2.81. The van der Waals surface area contributed by atoms with E-state index < -0.39 is 10.9 Å². The number of carboxylic acid groups (broad SMARTS) is 1. The third-order valence-electron chi connectivity index (χ3n) is 2.81. The van der Waals surface area contributed by atoms with E-state index in [-0.39, 0.29) is 23.6 Å². The number of non-ortho nitro benzene ring substituents is 1. The molecule has 0 saturated carbocycles. The second-order valence-corrected chi connectivity index (χ2v) is 4.24. The van der Waals surface area contributed by atoms with Gasteiger partial charge in [0, 0.05) is 30.4 Å². The van der Waals surface area contributed by atoms with Gasteiger partial charge in [-0.2, -0.15) is 5.10 Å². The summed E-state index contributed by atoms with van der Waals surface area (Å²) < 4.78 is 7.14. The number of carboxylic acids is 1. The summed E-state index contributed by atoms with van der Waals surface area (Å²) in [6.07, 6.45) is 3.40. The molecule has 0 saturated heterocycles. The molecule has 0 amide bonds. The van der Waals surface area contributed by atoms with Crippen molar-refractivity contribution in [2.24, 2.45) is 0 Å². The molecule has 0 radical (unpaired) electrons. The molecule has 0 bridgehead atoms. The second-order valence-electron chi connectivity index (χ2n) is 4.24. The number of carbonyl (C=O) groups is 1. The number of nitrogens with zero attached hydrogens (tertiary/aromatic N) is 3. The van der Waals surface area contributed by atoms with Gasteiger partial charge in [-0.05, 0) is 13.0 Å². The van der Waals surface area contributed by atoms with E-state index in [1.165, 1.54) is 12.1 Å². The average molecular weight is 291 g/mol. The molecule has 0 aliphatic rings. The Labute approximate surface area is 119 Å². The Hall–Kier alpha value is -2.90. The number of aromatic carboxylic acids is 1. The molecule has 0 aliphatic heterocycles. The molecular weight excluding hydrogens is 278 g/mol. The molecule has 8 nitrogen and oxygen atoms in total. The molecule has 1 aromatic carbocycles. The van der Waals surface area contributed by atoms with Crippen LogP contribution in [0.25, 0.3) is 0 Å². The summed E-state index contributed by atoms with van der Waals surface area (Å²) in [4.78, 5) is 21.2. The Morgan fingerprint density at radius 3 is 2.86 bits per heavy atom. The van der Waals surface area contributed by atoms with Crippen molar-refractivity contribution in [3.8, 4) is 5.75 Å².